The lowest BCUT2D eigenvalue weighted by molar-refractivity contribution is 0.607. The van der Waals surface area contributed by atoms with Gasteiger partial charge in [-0.05, 0) is 6.07 Å². The van der Waals surface area contributed by atoms with Gasteiger partial charge in [-0.15, -0.1) is 0 Å². The first-order valence-corrected chi connectivity index (χ1v) is 3.59. The van der Waals surface area contributed by atoms with Crippen LogP contribution >= 0.6 is 15.9 Å². The van der Waals surface area contributed by atoms with Crippen LogP contribution in [0.25, 0.3) is 0 Å². The van der Waals surface area contributed by atoms with Gasteiger partial charge in [-0.2, -0.15) is 0 Å². The van der Waals surface area contributed by atoms with E-state index >= 15 is 0 Å². The number of rotatable bonds is 1. The lowest BCUT2D eigenvalue weighted by Crippen LogP contribution is -2.00. The molecule has 53 valence electrons. The Hall–Kier alpha value is -0.410. The fourth-order valence-corrected chi connectivity index (χ4v) is 1.14. The van der Waals surface area contributed by atoms with Gasteiger partial charge in [-0.1, -0.05) is 22.0 Å². The summed E-state index contributed by atoms with van der Waals surface area (Å²) in [5, 5.41) is 0. The van der Waals surface area contributed by atoms with E-state index < -0.39 is 0 Å². The minimum Gasteiger partial charge on any atom is -0.326 e. The lowest BCUT2D eigenvalue weighted by Gasteiger charge is -1.99. The Morgan fingerprint density at radius 1 is 1.70 bits per heavy atom. The highest BCUT2D eigenvalue weighted by atomic mass is 79.9. The molecule has 0 atom stereocenters. The standard InChI is InChI=1S/C7H6BrFN/c8-6-2-1-3-7(9)5(6)4-10/h1-2H,4,10H2. The molecule has 0 aromatic heterocycles. The quantitative estimate of drug-likeness (QED) is 0.740. The van der Waals surface area contributed by atoms with Crippen molar-refractivity contribution in [2.24, 2.45) is 5.73 Å². The van der Waals surface area contributed by atoms with E-state index in [0.717, 1.165) is 0 Å². The summed E-state index contributed by atoms with van der Waals surface area (Å²) >= 11 is 3.17. The predicted molar refractivity (Wildman–Crippen MR) is 40.8 cm³/mol. The van der Waals surface area contributed by atoms with E-state index in [-0.39, 0.29) is 12.4 Å². The van der Waals surface area contributed by atoms with Crippen LogP contribution in [0, 0.1) is 11.9 Å². The number of hydrogen-bond acceptors (Lipinski definition) is 1. The van der Waals surface area contributed by atoms with Gasteiger partial charge in [0.15, 0.2) is 0 Å². The van der Waals surface area contributed by atoms with Crippen LogP contribution in [0.2, 0.25) is 0 Å². The summed E-state index contributed by atoms with van der Waals surface area (Å²) in [6.45, 7) is 0.198. The minimum absolute atomic E-state index is 0.198. The Morgan fingerprint density at radius 3 is 2.80 bits per heavy atom. The van der Waals surface area contributed by atoms with Gasteiger partial charge in [0.1, 0.15) is 5.82 Å². The number of benzene rings is 1. The van der Waals surface area contributed by atoms with Crippen LogP contribution in [0.3, 0.4) is 0 Å². The Labute approximate surface area is 67.2 Å². The molecule has 0 aliphatic carbocycles. The van der Waals surface area contributed by atoms with Crippen LogP contribution in [-0.4, -0.2) is 0 Å². The molecule has 2 N–H and O–H groups in total. The van der Waals surface area contributed by atoms with Gasteiger partial charge in [0.2, 0.25) is 0 Å². The maximum atomic E-state index is 12.7. The molecule has 0 saturated heterocycles. The third-order valence-electron chi connectivity index (χ3n) is 1.20. The molecule has 0 aliphatic rings. The largest absolute Gasteiger partial charge is 0.326 e. The van der Waals surface area contributed by atoms with Crippen LogP contribution < -0.4 is 5.73 Å². The molecule has 3 heteroatoms. The van der Waals surface area contributed by atoms with Gasteiger partial charge >= 0.3 is 0 Å². The first kappa shape index (κ1) is 7.69. The topological polar surface area (TPSA) is 26.0 Å². The van der Waals surface area contributed by atoms with Crippen LogP contribution in [0.4, 0.5) is 4.39 Å². The zero-order valence-electron chi connectivity index (χ0n) is 5.20. The molecule has 0 saturated carbocycles. The van der Waals surface area contributed by atoms with E-state index in [1.54, 1.807) is 6.07 Å². The maximum Gasteiger partial charge on any atom is 0.136 e. The second-order valence-corrected chi connectivity index (χ2v) is 2.68. The molecule has 1 aromatic carbocycles. The Kier molecular flexibility index (Phi) is 2.40. The Bertz CT molecular complexity index is 217. The fourth-order valence-electron chi connectivity index (χ4n) is 0.668. The summed E-state index contributed by atoms with van der Waals surface area (Å²) in [7, 11) is 0. The lowest BCUT2D eigenvalue weighted by atomic mass is 10.2. The van der Waals surface area contributed by atoms with Gasteiger partial charge in [-0.25, -0.2) is 4.39 Å². The Balaban J connectivity index is 3.17. The van der Waals surface area contributed by atoms with Crippen molar-refractivity contribution in [3.8, 4) is 0 Å². The summed E-state index contributed by atoms with van der Waals surface area (Å²) in [5.41, 5.74) is 5.74. The molecule has 0 bridgehead atoms. The summed E-state index contributed by atoms with van der Waals surface area (Å²) in [4.78, 5) is 0. The SMILES string of the molecule is NCc1c(F)[c]ccc1Br. The normalized spacial score (nSPS) is 9.90. The first-order valence-electron chi connectivity index (χ1n) is 2.80. The van der Waals surface area contributed by atoms with Crippen molar-refractivity contribution in [3.05, 3.63) is 34.1 Å². The van der Waals surface area contributed by atoms with Gasteiger partial charge in [-0.3, -0.25) is 0 Å². The van der Waals surface area contributed by atoms with Crippen molar-refractivity contribution in [1.29, 1.82) is 0 Å². The molecule has 1 radical (unpaired) electrons. The molecular weight excluding hydrogens is 197 g/mol. The molecular formula is C7H6BrFN. The molecule has 0 heterocycles. The zero-order valence-corrected chi connectivity index (χ0v) is 6.78. The predicted octanol–water partition coefficient (Wildman–Crippen LogP) is 1.85. The van der Waals surface area contributed by atoms with E-state index in [2.05, 4.69) is 22.0 Å². The summed E-state index contributed by atoms with van der Waals surface area (Å²) < 4.78 is 13.4. The summed E-state index contributed by atoms with van der Waals surface area (Å²) in [5.74, 6) is -0.378. The van der Waals surface area contributed by atoms with Crippen LogP contribution in [0.5, 0.6) is 0 Å². The van der Waals surface area contributed by atoms with Crippen LogP contribution in [0.15, 0.2) is 16.6 Å². The second kappa shape index (κ2) is 3.12. The van der Waals surface area contributed by atoms with E-state index in [1.807, 2.05) is 0 Å². The molecule has 0 fully saturated rings. The summed E-state index contributed by atoms with van der Waals surface area (Å²) in [6, 6.07) is 5.64. The smallest absolute Gasteiger partial charge is 0.136 e. The number of halogens is 2. The van der Waals surface area contributed by atoms with E-state index in [0.29, 0.717) is 10.0 Å². The van der Waals surface area contributed by atoms with Crippen molar-refractivity contribution in [3.63, 3.8) is 0 Å². The van der Waals surface area contributed by atoms with Crippen molar-refractivity contribution in [2.45, 2.75) is 6.54 Å². The Morgan fingerprint density at radius 2 is 2.40 bits per heavy atom. The molecule has 0 spiro atoms. The molecule has 10 heavy (non-hydrogen) atoms. The number of nitrogens with two attached hydrogens (primary N) is 1. The average Bonchev–Trinajstić information content (AvgIpc) is 1.88. The molecule has 0 amide bonds. The molecule has 0 aliphatic heterocycles. The maximum absolute atomic E-state index is 12.7. The van der Waals surface area contributed by atoms with Gasteiger partial charge < -0.3 is 5.73 Å². The highest BCUT2D eigenvalue weighted by Gasteiger charge is 2.02. The second-order valence-electron chi connectivity index (χ2n) is 1.82. The van der Waals surface area contributed by atoms with Gasteiger partial charge in [0.25, 0.3) is 0 Å². The monoisotopic (exact) mass is 202 g/mol. The third-order valence-corrected chi connectivity index (χ3v) is 1.94. The van der Waals surface area contributed by atoms with Crippen molar-refractivity contribution in [2.75, 3.05) is 0 Å². The van der Waals surface area contributed by atoms with Crippen LogP contribution in [0.1, 0.15) is 5.56 Å². The van der Waals surface area contributed by atoms with Crippen molar-refractivity contribution in [1.82, 2.24) is 0 Å². The van der Waals surface area contributed by atoms with Crippen LogP contribution in [-0.2, 0) is 6.54 Å². The van der Waals surface area contributed by atoms with E-state index in [9.17, 15) is 4.39 Å². The van der Waals surface area contributed by atoms with E-state index in [1.165, 1.54) is 6.07 Å². The number of hydrogen-bond donors (Lipinski definition) is 1. The highest BCUT2D eigenvalue weighted by Crippen LogP contribution is 2.17. The van der Waals surface area contributed by atoms with Crippen molar-refractivity contribution >= 4 is 15.9 Å². The van der Waals surface area contributed by atoms with E-state index in [4.69, 9.17) is 5.73 Å². The summed E-state index contributed by atoms with van der Waals surface area (Å²) in [6.07, 6.45) is 0. The highest BCUT2D eigenvalue weighted by molar-refractivity contribution is 9.10. The molecule has 0 unspecified atom stereocenters. The van der Waals surface area contributed by atoms with Crippen molar-refractivity contribution < 1.29 is 4.39 Å². The zero-order chi connectivity index (χ0) is 7.56. The minimum atomic E-state index is -0.378. The molecule has 1 rings (SSSR count). The molecule has 1 aromatic rings. The molecule has 1 nitrogen and oxygen atoms in total. The fraction of sp³-hybridized carbons (Fsp3) is 0.143. The van der Waals surface area contributed by atoms with Gasteiger partial charge in [0.05, 0.1) is 0 Å². The van der Waals surface area contributed by atoms with Gasteiger partial charge in [0, 0.05) is 22.6 Å². The average molecular weight is 203 g/mol. The third kappa shape index (κ3) is 1.36. The first-order chi connectivity index (χ1) is 4.75.